The fourth-order valence-electron chi connectivity index (χ4n) is 1.48. The first-order valence-electron chi connectivity index (χ1n) is 4.60. The highest BCUT2D eigenvalue weighted by atomic mass is 32.1. The van der Waals surface area contributed by atoms with Crippen molar-refractivity contribution in [1.82, 2.24) is 4.98 Å². The lowest BCUT2D eigenvalue weighted by Gasteiger charge is -2.11. The molecule has 0 amide bonds. The van der Waals surface area contributed by atoms with Crippen LogP contribution in [0.3, 0.4) is 0 Å². The second-order valence-electron chi connectivity index (χ2n) is 3.20. The van der Waals surface area contributed by atoms with Gasteiger partial charge < -0.3 is 10.2 Å². The number of aromatic nitrogens is 1. The number of phenols is 1. The van der Waals surface area contributed by atoms with E-state index in [0.29, 0.717) is 10.6 Å². The van der Waals surface area contributed by atoms with Crippen molar-refractivity contribution in [3.05, 3.63) is 46.4 Å². The van der Waals surface area contributed by atoms with E-state index in [1.807, 2.05) is 0 Å². The van der Waals surface area contributed by atoms with Gasteiger partial charge in [0.25, 0.3) is 0 Å². The topological polar surface area (TPSA) is 70.4 Å². The van der Waals surface area contributed by atoms with Gasteiger partial charge in [-0.15, -0.1) is 11.3 Å². The zero-order chi connectivity index (χ0) is 11.5. The van der Waals surface area contributed by atoms with Crippen LogP contribution in [0.4, 0.5) is 0 Å². The standard InChI is InChI=1S/C11H9NO3S/c13-8-4-2-1-3-7(8)9(11(14)15)10-12-5-6-16-10/h1-6,9,13H,(H,14,15). The summed E-state index contributed by atoms with van der Waals surface area (Å²) in [6, 6.07) is 6.41. The molecule has 0 fully saturated rings. The second-order valence-corrected chi connectivity index (χ2v) is 4.13. The number of aliphatic carboxylic acids is 1. The van der Waals surface area contributed by atoms with E-state index in [4.69, 9.17) is 0 Å². The summed E-state index contributed by atoms with van der Waals surface area (Å²) < 4.78 is 0. The van der Waals surface area contributed by atoms with Gasteiger partial charge in [0.05, 0.1) is 0 Å². The van der Waals surface area contributed by atoms with Crippen molar-refractivity contribution in [3.63, 3.8) is 0 Å². The van der Waals surface area contributed by atoms with Gasteiger partial charge in [-0.3, -0.25) is 4.79 Å². The van der Waals surface area contributed by atoms with Gasteiger partial charge >= 0.3 is 5.97 Å². The Morgan fingerprint density at radius 3 is 2.69 bits per heavy atom. The Labute approximate surface area is 95.8 Å². The molecule has 1 aromatic heterocycles. The summed E-state index contributed by atoms with van der Waals surface area (Å²) in [5.74, 6) is -1.94. The molecule has 0 aliphatic rings. The third-order valence-corrected chi connectivity index (χ3v) is 3.03. The number of carboxylic acid groups (broad SMARTS) is 1. The molecule has 1 unspecified atom stereocenters. The molecule has 2 rings (SSSR count). The molecule has 0 aliphatic carbocycles. The van der Waals surface area contributed by atoms with Crippen LogP contribution >= 0.6 is 11.3 Å². The number of para-hydroxylation sites is 1. The molecule has 5 heteroatoms. The van der Waals surface area contributed by atoms with Crippen LogP contribution in [0.15, 0.2) is 35.8 Å². The summed E-state index contributed by atoms with van der Waals surface area (Å²) in [6.45, 7) is 0. The van der Waals surface area contributed by atoms with Gasteiger partial charge in [-0.05, 0) is 6.07 Å². The Balaban J connectivity index is 2.50. The van der Waals surface area contributed by atoms with Gasteiger partial charge in [0.15, 0.2) is 0 Å². The van der Waals surface area contributed by atoms with Crippen molar-refractivity contribution in [2.24, 2.45) is 0 Å². The van der Waals surface area contributed by atoms with Gasteiger partial charge in [0, 0.05) is 17.1 Å². The summed E-state index contributed by atoms with van der Waals surface area (Å²) in [5, 5.41) is 21.0. The van der Waals surface area contributed by atoms with Gasteiger partial charge in [-0.1, -0.05) is 18.2 Å². The van der Waals surface area contributed by atoms with Crippen LogP contribution in [-0.4, -0.2) is 21.2 Å². The normalized spacial score (nSPS) is 12.2. The summed E-state index contributed by atoms with van der Waals surface area (Å²) in [5.41, 5.74) is 0.366. The van der Waals surface area contributed by atoms with Gasteiger partial charge in [-0.2, -0.15) is 0 Å². The SMILES string of the molecule is O=C(O)C(c1nccs1)c1ccccc1O. The van der Waals surface area contributed by atoms with Crippen LogP contribution < -0.4 is 0 Å². The molecular weight excluding hydrogens is 226 g/mol. The molecule has 0 spiro atoms. The lowest BCUT2D eigenvalue weighted by Crippen LogP contribution is -2.12. The molecule has 0 bridgehead atoms. The van der Waals surface area contributed by atoms with E-state index >= 15 is 0 Å². The predicted molar refractivity (Wildman–Crippen MR) is 59.7 cm³/mol. The molecule has 1 heterocycles. The van der Waals surface area contributed by atoms with E-state index in [2.05, 4.69) is 4.98 Å². The van der Waals surface area contributed by atoms with Crippen molar-refractivity contribution in [2.75, 3.05) is 0 Å². The average Bonchev–Trinajstić information content (AvgIpc) is 2.74. The average molecular weight is 235 g/mol. The quantitative estimate of drug-likeness (QED) is 0.854. The number of nitrogens with zero attached hydrogens (tertiary/aromatic N) is 1. The van der Waals surface area contributed by atoms with E-state index in [0.717, 1.165) is 0 Å². The first kappa shape index (κ1) is 10.6. The zero-order valence-corrected chi connectivity index (χ0v) is 9.02. The van der Waals surface area contributed by atoms with Crippen LogP contribution in [-0.2, 0) is 4.79 Å². The molecule has 2 N–H and O–H groups in total. The van der Waals surface area contributed by atoms with Crippen LogP contribution in [0.2, 0.25) is 0 Å². The van der Waals surface area contributed by atoms with Crippen molar-refractivity contribution < 1.29 is 15.0 Å². The van der Waals surface area contributed by atoms with Gasteiger partial charge in [0.1, 0.15) is 16.7 Å². The molecule has 4 nitrogen and oxygen atoms in total. The van der Waals surface area contributed by atoms with Crippen LogP contribution in [0.5, 0.6) is 5.75 Å². The summed E-state index contributed by atoms with van der Waals surface area (Å²) >= 11 is 1.26. The third-order valence-electron chi connectivity index (χ3n) is 2.19. The molecule has 2 aromatic rings. The smallest absolute Gasteiger partial charge is 0.318 e. The second kappa shape index (κ2) is 4.32. The van der Waals surface area contributed by atoms with Gasteiger partial charge in [0.2, 0.25) is 0 Å². The minimum absolute atomic E-state index is 0.0231. The molecule has 1 atom stereocenters. The largest absolute Gasteiger partial charge is 0.508 e. The minimum Gasteiger partial charge on any atom is -0.508 e. The molecule has 82 valence electrons. The maximum absolute atomic E-state index is 11.2. The fraction of sp³-hybridized carbons (Fsp3) is 0.0909. The Bertz CT molecular complexity index is 496. The van der Waals surface area contributed by atoms with Crippen molar-refractivity contribution in [2.45, 2.75) is 5.92 Å². The molecule has 0 aliphatic heterocycles. The fourth-order valence-corrected chi connectivity index (χ4v) is 2.23. The Morgan fingerprint density at radius 2 is 2.12 bits per heavy atom. The maximum atomic E-state index is 11.2. The van der Waals surface area contributed by atoms with E-state index in [1.165, 1.54) is 17.4 Å². The number of hydrogen-bond acceptors (Lipinski definition) is 4. The monoisotopic (exact) mass is 235 g/mol. The summed E-state index contributed by atoms with van der Waals surface area (Å²) in [4.78, 5) is 15.2. The molecule has 16 heavy (non-hydrogen) atoms. The Kier molecular flexibility index (Phi) is 2.87. The molecule has 0 radical (unpaired) electrons. The number of benzene rings is 1. The molecule has 0 saturated carbocycles. The van der Waals surface area contributed by atoms with Crippen LogP contribution in [0, 0.1) is 0 Å². The predicted octanol–water partition coefficient (Wildman–Crippen LogP) is 2.07. The maximum Gasteiger partial charge on any atom is 0.318 e. The Hall–Kier alpha value is -1.88. The van der Waals surface area contributed by atoms with E-state index < -0.39 is 11.9 Å². The summed E-state index contributed by atoms with van der Waals surface area (Å²) in [6.07, 6.45) is 1.55. The number of rotatable bonds is 3. The van der Waals surface area contributed by atoms with E-state index in [1.54, 1.807) is 29.8 Å². The van der Waals surface area contributed by atoms with Crippen molar-refractivity contribution in [3.8, 4) is 5.75 Å². The number of carboxylic acids is 1. The van der Waals surface area contributed by atoms with Crippen molar-refractivity contribution >= 4 is 17.3 Å². The molecule has 1 aromatic carbocycles. The first-order valence-corrected chi connectivity index (χ1v) is 5.48. The van der Waals surface area contributed by atoms with E-state index in [-0.39, 0.29) is 5.75 Å². The Morgan fingerprint density at radius 1 is 1.38 bits per heavy atom. The number of carbonyl (C=O) groups is 1. The van der Waals surface area contributed by atoms with Gasteiger partial charge in [-0.25, -0.2) is 4.98 Å². The molecule has 0 saturated heterocycles. The van der Waals surface area contributed by atoms with Crippen LogP contribution in [0.25, 0.3) is 0 Å². The highest BCUT2D eigenvalue weighted by Gasteiger charge is 2.26. The number of hydrogen-bond donors (Lipinski definition) is 2. The number of aromatic hydroxyl groups is 1. The number of phenolic OH excluding ortho intramolecular Hbond substituents is 1. The highest BCUT2D eigenvalue weighted by molar-refractivity contribution is 7.09. The molecular formula is C11H9NO3S. The third kappa shape index (κ3) is 1.90. The number of thiazole rings is 1. The zero-order valence-electron chi connectivity index (χ0n) is 8.20. The lowest BCUT2D eigenvalue weighted by atomic mass is 9.99. The lowest BCUT2D eigenvalue weighted by molar-refractivity contribution is -0.137. The minimum atomic E-state index is -1.02. The van der Waals surface area contributed by atoms with Crippen molar-refractivity contribution in [1.29, 1.82) is 0 Å². The highest BCUT2D eigenvalue weighted by Crippen LogP contribution is 2.32. The summed E-state index contributed by atoms with van der Waals surface area (Å²) in [7, 11) is 0. The van der Waals surface area contributed by atoms with E-state index in [9.17, 15) is 15.0 Å². The first-order chi connectivity index (χ1) is 7.70. The van der Waals surface area contributed by atoms with Crippen LogP contribution in [0.1, 0.15) is 16.5 Å².